The fraction of sp³-hybridized carbons (Fsp3) is 0.750. The van der Waals surface area contributed by atoms with Crippen LogP contribution in [0.5, 0.6) is 6.01 Å². The Balaban J connectivity index is 2.02. The second-order valence-electron chi connectivity index (χ2n) is 7.90. The number of nitrogens with two attached hydrogens (primary N) is 2. The lowest BCUT2D eigenvalue weighted by atomic mass is 9.91. The lowest BCUT2D eigenvalue weighted by molar-refractivity contribution is 0.234. The van der Waals surface area contributed by atoms with Crippen LogP contribution in [0.2, 0.25) is 0 Å². The molecule has 1 aromatic heterocycles. The minimum Gasteiger partial charge on any atom is -0.463 e. The summed E-state index contributed by atoms with van der Waals surface area (Å²) in [6, 6.07) is 0.245. The van der Waals surface area contributed by atoms with Gasteiger partial charge in [-0.15, -0.1) is 0 Å². The van der Waals surface area contributed by atoms with Crippen LogP contribution in [-0.2, 0) is 0 Å². The Bertz CT molecular complexity index is 598. The van der Waals surface area contributed by atoms with E-state index in [-0.39, 0.29) is 23.4 Å². The maximum Gasteiger partial charge on any atom is 0.319 e. The molecule has 0 bridgehead atoms. The molecule has 2 atom stereocenters. The van der Waals surface area contributed by atoms with E-state index in [1.165, 1.54) is 38.5 Å². The van der Waals surface area contributed by atoms with Crippen molar-refractivity contribution in [1.82, 2.24) is 9.97 Å². The molecule has 26 heavy (non-hydrogen) atoms. The second-order valence-corrected chi connectivity index (χ2v) is 7.90. The Labute approximate surface area is 157 Å². The molecule has 0 radical (unpaired) electrons. The lowest BCUT2D eigenvalue weighted by Gasteiger charge is -2.18. The Morgan fingerprint density at radius 1 is 1.15 bits per heavy atom. The van der Waals surface area contributed by atoms with Gasteiger partial charge < -0.3 is 21.6 Å². The van der Waals surface area contributed by atoms with Crippen molar-refractivity contribution in [3.63, 3.8) is 0 Å². The SMILES string of the molecule is CCCC(C)CCC(C)C(=N)c1nc(OCC2CCCC2)nc(N)c1N. The smallest absolute Gasteiger partial charge is 0.319 e. The fourth-order valence-electron chi connectivity index (χ4n) is 3.65. The number of nitrogen functional groups attached to an aromatic ring is 2. The molecule has 1 aromatic rings. The van der Waals surface area contributed by atoms with Gasteiger partial charge in [0.15, 0.2) is 5.82 Å². The first kappa shape index (κ1) is 20.5. The molecule has 2 unspecified atom stereocenters. The zero-order valence-corrected chi connectivity index (χ0v) is 16.6. The molecule has 1 heterocycles. The van der Waals surface area contributed by atoms with E-state index in [4.69, 9.17) is 21.6 Å². The van der Waals surface area contributed by atoms with Crippen LogP contribution in [0.3, 0.4) is 0 Å². The standard InChI is InChI=1S/C20H35N5O/c1-4-7-13(2)10-11-14(3)16(21)18-17(22)19(23)25-20(24-18)26-12-15-8-5-6-9-15/h13-15,21H,4-12,22H2,1-3H3,(H2,23,24,25). The number of ether oxygens (including phenoxy) is 1. The van der Waals surface area contributed by atoms with Crippen molar-refractivity contribution in [3.05, 3.63) is 5.69 Å². The average Bonchev–Trinajstić information content (AvgIpc) is 3.13. The van der Waals surface area contributed by atoms with Gasteiger partial charge in [0, 0.05) is 0 Å². The summed E-state index contributed by atoms with van der Waals surface area (Å²) >= 11 is 0. The van der Waals surface area contributed by atoms with Crippen LogP contribution >= 0.6 is 0 Å². The minimum absolute atomic E-state index is 0.0774. The summed E-state index contributed by atoms with van der Waals surface area (Å²) in [5.41, 5.74) is 13.2. The van der Waals surface area contributed by atoms with Crippen LogP contribution in [-0.4, -0.2) is 22.3 Å². The van der Waals surface area contributed by atoms with E-state index in [9.17, 15) is 0 Å². The van der Waals surface area contributed by atoms with Gasteiger partial charge in [-0.1, -0.05) is 52.9 Å². The predicted molar refractivity (Wildman–Crippen MR) is 108 cm³/mol. The Morgan fingerprint density at radius 2 is 1.85 bits per heavy atom. The molecule has 0 spiro atoms. The monoisotopic (exact) mass is 361 g/mol. The fourth-order valence-corrected chi connectivity index (χ4v) is 3.65. The van der Waals surface area contributed by atoms with Crippen LogP contribution in [0, 0.1) is 23.2 Å². The molecule has 1 aliphatic rings. The predicted octanol–water partition coefficient (Wildman–Crippen LogP) is 4.43. The Kier molecular flexibility index (Phi) is 7.66. The van der Waals surface area contributed by atoms with Gasteiger partial charge >= 0.3 is 6.01 Å². The summed E-state index contributed by atoms with van der Waals surface area (Å²) in [6.45, 7) is 7.14. The highest BCUT2D eigenvalue weighted by Crippen LogP contribution is 2.27. The van der Waals surface area contributed by atoms with Crippen molar-refractivity contribution in [2.75, 3.05) is 18.1 Å². The van der Waals surface area contributed by atoms with Crippen molar-refractivity contribution in [3.8, 4) is 6.01 Å². The van der Waals surface area contributed by atoms with Crippen LogP contribution in [0.15, 0.2) is 0 Å². The molecule has 0 saturated heterocycles. The highest BCUT2D eigenvalue weighted by Gasteiger charge is 2.21. The van der Waals surface area contributed by atoms with E-state index in [1.807, 2.05) is 0 Å². The van der Waals surface area contributed by atoms with Gasteiger partial charge in [0.2, 0.25) is 0 Å². The third-order valence-corrected chi connectivity index (χ3v) is 5.50. The van der Waals surface area contributed by atoms with Gasteiger partial charge in [0.1, 0.15) is 11.4 Å². The molecule has 5 N–H and O–H groups in total. The van der Waals surface area contributed by atoms with Crippen LogP contribution < -0.4 is 16.2 Å². The summed E-state index contributed by atoms with van der Waals surface area (Å²) < 4.78 is 5.77. The van der Waals surface area contributed by atoms with Gasteiger partial charge in [-0.25, -0.2) is 0 Å². The van der Waals surface area contributed by atoms with Gasteiger partial charge in [0.05, 0.1) is 12.3 Å². The number of hydrogen-bond acceptors (Lipinski definition) is 6. The number of rotatable bonds is 10. The molecule has 1 fully saturated rings. The third-order valence-electron chi connectivity index (χ3n) is 5.50. The zero-order chi connectivity index (χ0) is 19.1. The minimum atomic E-state index is 0.0774. The van der Waals surface area contributed by atoms with E-state index in [0.29, 0.717) is 29.8 Å². The molecule has 0 aliphatic heterocycles. The molecule has 2 rings (SSSR count). The third kappa shape index (κ3) is 5.58. The molecule has 146 valence electrons. The topological polar surface area (TPSA) is 111 Å². The average molecular weight is 362 g/mol. The van der Waals surface area contributed by atoms with Crippen molar-refractivity contribution < 1.29 is 4.74 Å². The first-order valence-electron chi connectivity index (χ1n) is 10.1. The highest BCUT2D eigenvalue weighted by molar-refractivity contribution is 6.03. The maximum absolute atomic E-state index is 8.53. The molecule has 0 amide bonds. The number of anilines is 2. The normalized spacial score (nSPS) is 17.2. The Hall–Kier alpha value is -1.85. The summed E-state index contributed by atoms with van der Waals surface area (Å²) in [5, 5.41) is 8.53. The van der Waals surface area contributed by atoms with Crippen LogP contribution in [0.4, 0.5) is 11.5 Å². The summed E-state index contributed by atoms with van der Waals surface area (Å²) in [6.07, 6.45) is 9.39. The van der Waals surface area contributed by atoms with Crippen molar-refractivity contribution >= 4 is 17.2 Å². The van der Waals surface area contributed by atoms with Crippen LogP contribution in [0.25, 0.3) is 0 Å². The zero-order valence-electron chi connectivity index (χ0n) is 16.6. The van der Waals surface area contributed by atoms with Crippen molar-refractivity contribution in [1.29, 1.82) is 5.41 Å². The molecule has 6 nitrogen and oxygen atoms in total. The summed E-state index contributed by atoms with van der Waals surface area (Å²) in [7, 11) is 0. The second kappa shape index (κ2) is 9.74. The summed E-state index contributed by atoms with van der Waals surface area (Å²) in [5.74, 6) is 1.52. The van der Waals surface area contributed by atoms with Gasteiger partial charge in [-0.3, -0.25) is 0 Å². The molecular weight excluding hydrogens is 326 g/mol. The van der Waals surface area contributed by atoms with E-state index in [1.54, 1.807) is 0 Å². The van der Waals surface area contributed by atoms with Crippen molar-refractivity contribution in [2.45, 2.75) is 72.1 Å². The molecule has 1 saturated carbocycles. The van der Waals surface area contributed by atoms with E-state index >= 15 is 0 Å². The highest BCUT2D eigenvalue weighted by atomic mass is 16.5. The number of nitrogens with zero attached hydrogens (tertiary/aromatic N) is 2. The molecule has 1 aliphatic carbocycles. The first-order valence-corrected chi connectivity index (χ1v) is 10.1. The number of aromatic nitrogens is 2. The van der Waals surface area contributed by atoms with Crippen molar-refractivity contribution in [2.24, 2.45) is 17.8 Å². The molecule has 6 heteroatoms. The van der Waals surface area contributed by atoms with Gasteiger partial charge in [-0.05, 0) is 37.0 Å². The van der Waals surface area contributed by atoms with E-state index in [2.05, 4.69) is 30.7 Å². The number of hydrogen-bond donors (Lipinski definition) is 3. The largest absolute Gasteiger partial charge is 0.463 e. The van der Waals surface area contributed by atoms with Crippen LogP contribution in [0.1, 0.15) is 77.8 Å². The van der Waals surface area contributed by atoms with Gasteiger partial charge in [0.25, 0.3) is 0 Å². The van der Waals surface area contributed by atoms with E-state index in [0.717, 1.165) is 12.8 Å². The maximum atomic E-state index is 8.53. The van der Waals surface area contributed by atoms with Gasteiger partial charge in [-0.2, -0.15) is 9.97 Å². The molecular formula is C20H35N5O. The summed E-state index contributed by atoms with van der Waals surface area (Å²) in [4.78, 5) is 8.57. The number of nitrogens with one attached hydrogen (secondary N) is 1. The van der Waals surface area contributed by atoms with E-state index < -0.39 is 0 Å². The lowest BCUT2D eigenvalue weighted by Crippen LogP contribution is -2.19. The molecule has 0 aromatic carbocycles. The quantitative estimate of drug-likeness (QED) is 0.534. The first-order chi connectivity index (χ1) is 12.4. The Morgan fingerprint density at radius 3 is 2.50 bits per heavy atom.